The number of rotatable bonds is 6. The van der Waals surface area contributed by atoms with Crippen LogP contribution in [-0.2, 0) is 11.3 Å². The van der Waals surface area contributed by atoms with Crippen molar-refractivity contribution in [2.75, 3.05) is 26.2 Å². The molecule has 1 saturated carbocycles. The summed E-state index contributed by atoms with van der Waals surface area (Å²) in [6.45, 7) is 10.2. The fourth-order valence-electron chi connectivity index (χ4n) is 3.48. The first kappa shape index (κ1) is 17.3. The van der Waals surface area contributed by atoms with Gasteiger partial charge >= 0.3 is 0 Å². The molecule has 24 heavy (non-hydrogen) atoms. The first-order chi connectivity index (χ1) is 11.5. The average Bonchev–Trinajstić information content (AvgIpc) is 3.33. The standard InChI is InChI=1S/C20H30N2O2/c1-4-9-22(12-17-6-7-17)20(23)14-21-11-16(3)24-19-8-5-15(2)10-18(19)13-21/h5,8,10,16-17H,4,6-7,9,11-14H2,1-3H3. The molecule has 1 amide bonds. The van der Waals surface area contributed by atoms with Crippen molar-refractivity contribution in [3.63, 3.8) is 0 Å². The fourth-order valence-corrected chi connectivity index (χ4v) is 3.48. The van der Waals surface area contributed by atoms with Crippen LogP contribution in [-0.4, -0.2) is 48.0 Å². The average molecular weight is 330 g/mol. The zero-order valence-electron chi connectivity index (χ0n) is 15.3. The molecule has 1 aliphatic heterocycles. The first-order valence-electron chi connectivity index (χ1n) is 9.31. The Bertz CT molecular complexity index is 583. The Morgan fingerprint density at radius 2 is 2.17 bits per heavy atom. The highest BCUT2D eigenvalue weighted by molar-refractivity contribution is 5.78. The van der Waals surface area contributed by atoms with Crippen molar-refractivity contribution in [1.29, 1.82) is 0 Å². The molecule has 0 spiro atoms. The van der Waals surface area contributed by atoms with Crippen LogP contribution in [0.3, 0.4) is 0 Å². The Labute approximate surface area is 145 Å². The van der Waals surface area contributed by atoms with Crippen molar-refractivity contribution in [3.05, 3.63) is 29.3 Å². The predicted octanol–water partition coefficient (Wildman–Crippen LogP) is 3.23. The van der Waals surface area contributed by atoms with E-state index in [4.69, 9.17) is 4.74 Å². The molecule has 0 saturated heterocycles. The van der Waals surface area contributed by atoms with E-state index in [-0.39, 0.29) is 12.0 Å². The monoisotopic (exact) mass is 330 g/mol. The van der Waals surface area contributed by atoms with Gasteiger partial charge in [0.15, 0.2) is 0 Å². The molecule has 0 radical (unpaired) electrons. The normalized spacial score (nSPS) is 20.9. The van der Waals surface area contributed by atoms with E-state index < -0.39 is 0 Å². The maximum atomic E-state index is 12.8. The van der Waals surface area contributed by atoms with Gasteiger partial charge in [-0.25, -0.2) is 0 Å². The number of benzene rings is 1. The molecule has 0 N–H and O–H groups in total. The van der Waals surface area contributed by atoms with Crippen LogP contribution in [0.5, 0.6) is 5.75 Å². The highest BCUT2D eigenvalue weighted by Crippen LogP contribution is 2.30. The Kier molecular flexibility index (Phi) is 5.44. The SMILES string of the molecule is CCCN(CC1CC1)C(=O)CN1Cc2cc(C)ccc2OC(C)C1. The van der Waals surface area contributed by atoms with E-state index in [1.54, 1.807) is 0 Å². The number of fused-ring (bicyclic) bond motifs is 1. The summed E-state index contributed by atoms with van der Waals surface area (Å²) in [5.74, 6) is 1.98. The second kappa shape index (κ2) is 7.56. The predicted molar refractivity (Wildman–Crippen MR) is 96.1 cm³/mol. The molecular weight excluding hydrogens is 300 g/mol. The minimum atomic E-state index is 0.102. The zero-order chi connectivity index (χ0) is 17.1. The largest absolute Gasteiger partial charge is 0.489 e. The second-order valence-electron chi connectivity index (χ2n) is 7.49. The van der Waals surface area contributed by atoms with E-state index in [0.717, 1.165) is 44.3 Å². The lowest BCUT2D eigenvalue weighted by Crippen LogP contribution is -2.43. The molecular formula is C20H30N2O2. The van der Waals surface area contributed by atoms with E-state index in [9.17, 15) is 4.79 Å². The van der Waals surface area contributed by atoms with Crippen LogP contribution in [0.25, 0.3) is 0 Å². The van der Waals surface area contributed by atoms with Crippen molar-refractivity contribution in [2.24, 2.45) is 5.92 Å². The molecule has 3 rings (SSSR count). The summed E-state index contributed by atoms with van der Waals surface area (Å²) in [7, 11) is 0. The Balaban J connectivity index is 1.67. The number of carbonyl (C=O) groups excluding carboxylic acids is 1. The van der Waals surface area contributed by atoms with Gasteiger partial charge in [-0.1, -0.05) is 24.6 Å². The number of aryl methyl sites for hydroxylation is 1. The van der Waals surface area contributed by atoms with E-state index >= 15 is 0 Å². The van der Waals surface area contributed by atoms with Crippen molar-refractivity contribution in [3.8, 4) is 5.75 Å². The highest BCUT2D eigenvalue weighted by atomic mass is 16.5. The molecule has 1 aliphatic carbocycles. The molecule has 0 bridgehead atoms. The second-order valence-corrected chi connectivity index (χ2v) is 7.49. The van der Waals surface area contributed by atoms with E-state index in [0.29, 0.717) is 6.54 Å². The van der Waals surface area contributed by atoms with Gasteiger partial charge in [0, 0.05) is 31.7 Å². The third-order valence-electron chi connectivity index (χ3n) is 4.83. The van der Waals surface area contributed by atoms with Gasteiger partial charge < -0.3 is 9.64 Å². The van der Waals surface area contributed by atoms with Gasteiger partial charge in [0.1, 0.15) is 11.9 Å². The van der Waals surface area contributed by atoms with Crippen molar-refractivity contribution in [2.45, 2.75) is 52.7 Å². The molecule has 4 heteroatoms. The Morgan fingerprint density at radius 3 is 2.88 bits per heavy atom. The third kappa shape index (κ3) is 4.50. The van der Waals surface area contributed by atoms with Crippen molar-refractivity contribution >= 4 is 5.91 Å². The fraction of sp³-hybridized carbons (Fsp3) is 0.650. The van der Waals surface area contributed by atoms with Crippen LogP contribution in [0.1, 0.15) is 44.2 Å². The van der Waals surface area contributed by atoms with Gasteiger partial charge in [-0.15, -0.1) is 0 Å². The molecule has 1 fully saturated rings. The number of ether oxygens (including phenoxy) is 1. The lowest BCUT2D eigenvalue weighted by molar-refractivity contribution is -0.133. The molecule has 1 heterocycles. The molecule has 1 aromatic carbocycles. The summed E-state index contributed by atoms with van der Waals surface area (Å²) in [6.07, 6.45) is 3.70. The lowest BCUT2D eigenvalue weighted by Gasteiger charge is -2.27. The number of nitrogens with zero attached hydrogens (tertiary/aromatic N) is 2. The topological polar surface area (TPSA) is 32.8 Å². The van der Waals surface area contributed by atoms with Gasteiger partial charge in [0.2, 0.25) is 5.91 Å². The third-order valence-corrected chi connectivity index (χ3v) is 4.83. The summed E-state index contributed by atoms with van der Waals surface area (Å²) < 4.78 is 6.04. The molecule has 1 unspecified atom stereocenters. The van der Waals surface area contributed by atoms with Crippen LogP contribution in [0.15, 0.2) is 18.2 Å². The Hall–Kier alpha value is -1.55. The Morgan fingerprint density at radius 1 is 1.38 bits per heavy atom. The zero-order valence-corrected chi connectivity index (χ0v) is 15.3. The van der Waals surface area contributed by atoms with E-state index in [2.05, 4.69) is 48.8 Å². The minimum absolute atomic E-state index is 0.102. The van der Waals surface area contributed by atoms with Crippen LogP contribution < -0.4 is 4.74 Å². The van der Waals surface area contributed by atoms with Gasteiger partial charge in [-0.05, 0) is 45.1 Å². The minimum Gasteiger partial charge on any atom is -0.489 e. The van der Waals surface area contributed by atoms with E-state index in [1.165, 1.54) is 24.0 Å². The summed E-state index contributed by atoms with van der Waals surface area (Å²) in [5.41, 5.74) is 2.43. The smallest absolute Gasteiger partial charge is 0.236 e. The van der Waals surface area contributed by atoms with Gasteiger partial charge in [0.05, 0.1) is 6.54 Å². The van der Waals surface area contributed by atoms with Crippen LogP contribution >= 0.6 is 0 Å². The molecule has 1 aromatic rings. The summed E-state index contributed by atoms with van der Waals surface area (Å²) in [4.78, 5) is 17.1. The molecule has 4 nitrogen and oxygen atoms in total. The summed E-state index contributed by atoms with van der Waals surface area (Å²) in [6, 6.07) is 6.33. The van der Waals surface area contributed by atoms with Gasteiger partial charge in [-0.3, -0.25) is 9.69 Å². The quantitative estimate of drug-likeness (QED) is 0.803. The molecule has 1 atom stereocenters. The number of carbonyl (C=O) groups is 1. The van der Waals surface area contributed by atoms with Crippen LogP contribution in [0, 0.1) is 12.8 Å². The first-order valence-corrected chi connectivity index (χ1v) is 9.31. The van der Waals surface area contributed by atoms with Crippen molar-refractivity contribution < 1.29 is 9.53 Å². The highest BCUT2D eigenvalue weighted by Gasteiger charge is 2.28. The molecule has 2 aliphatic rings. The summed E-state index contributed by atoms with van der Waals surface area (Å²) >= 11 is 0. The van der Waals surface area contributed by atoms with Crippen molar-refractivity contribution in [1.82, 2.24) is 9.80 Å². The maximum absolute atomic E-state index is 12.8. The maximum Gasteiger partial charge on any atom is 0.236 e. The van der Waals surface area contributed by atoms with E-state index in [1.807, 2.05) is 0 Å². The number of hydrogen-bond donors (Lipinski definition) is 0. The number of hydrogen-bond acceptors (Lipinski definition) is 3. The number of amides is 1. The summed E-state index contributed by atoms with van der Waals surface area (Å²) in [5, 5.41) is 0. The lowest BCUT2D eigenvalue weighted by atomic mass is 10.1. The molecule has 0 aromatic heterocycles. The molecule has 132 valence electrons. The van der Waals surface area contributed by atoms with Crippen LogP contribution in [0.2, 0.25) is 0 Å². The van der Waals surface area contributed by atoms with Crippen LogP contribution in [0.4, 0.5) is 0 Å². The van der Waals surface area contributed by atoms with Gasteiger partial charge in [-0.2, -0.15) is 0 Å². The van der Waals surface area contributed by atoms with Gasteiger partial charge in [0.25, 0.3) is 0 Å².